The smallest absolute Gasteiger partial charge is 0.305 e. The van der Waals surface area contributed by atoms with Crippen LogP contribution in [-0.2, 0) is 29.4 Å². The van der Waals surface area contributed by atoms with Crippen LogP contribution in [0.3, 0.4) is 0 Å². The van der Waals surface area contributed by atoms with Crippen LogP contribution in [0.2, 0.25) is 5.02 Å². The van der Waals surface area contributed by atoms with Gasteiger partial charge in [-0.05, 0) is 60.2 Å². The highest BCUT2D eigenvalue weighted by Crippen LogP contribution is 2.64. The van der Waals surface area contributed by atoms with E-state index in [2.05, 4.69) is 0 Å². The third-order valence-electron chi connectivity index (χ3n) is 10.0. The topological polar surface area (TPSA) is 132 Å². The number of aliphatic carboxylic acids is 1. The summed E-state index contributed by atoms with van der Waals surface area (Å²) in [6.07, 6.45) is 1.97. The Labute approximate surface area is 263 Å². The summed E-state index contributed by atoms with van der Waals surface area (Å²) in [5.41, 5.74) is 1.06. The Balaban J connectivity index is 1.44. The largest absolute Gasteiger partial charge is 0.508 e. The molecule has 2 heterocycles. The molecule has 2 aliphatic carbocycles. The summed E-state index contributed by atoms with van der Waals surface area (Å²) in [5.74, 6) is -6.39. The van der Waals surface area contributed by atoms with Crippen molar-refractivity contribution in [3.05, 3.63) is 107 Å². The predicted octanol–water partition coefficient (Wildman–Crippen LogP) is 4.68. The summed E-state index contributed by atoms with van der Waals surface area (Å²) in [5, 5.41) is 19.8. The van der Waals surface area contributed by atoms with E-state index in [0.717, 1.165) is 10.5 Å². The van der Waals surface area contributed by atoms with Gasteiger partial charge in [0.05, 0.1) is 35.3 Å². The number of imide groups is 2. The molecule has 9 nitrogen and oxygen atoms in total. The zero-order valence-corrected chi connectivity index (χ0v) is 24.8. The van der Waals surface area contributed by atoms with Gasteiger partial charge in [-0.15, -0.1) is 0 Å². The third-order valence-corrected chi connectivity index (χ3v) is 10.3. The van der Waals surface area contributed by atoms with Crippen LogP contribution in [0.25, 0.3) is 0 Å². The molecule has 10 heteroatoms. The molecule has 0 bridgehead atoms. The molecule has 2 saturated heterocycles. The van der Waals surface area contributed by atoms with Crippen LogP contribution in [-0.4, -0.2) is 51.3 Å². The maximum atomic E-state index is 15.1. The fraction of sp³-hybridized carbons (Fsp3) is 0.286. The lowest BCUT2D eigenvalue weighted by molar-refractivity contribution is -0.142. The van der Waals surface area contributed by atoms with Crippen LogP contribution in [0.1, 0.15) is 36.3 Å². The number of carbonyl (C=O) groups excluding carboxylic acids is 4. The number of fused-ring (bicyclic) bond motifs is 4. The van der Waals surface area contributed by atoms with Gasteiger partial charge in [0.1, 0.15) is 5.75 Å². The lowest BCUT2D eigenvalue weighted by Crippen LogP contribution is -2.53. The number of phenolic OH excluding ortho intramolecular Hbond substituents is 1. The number of halogens is 1. The quantitative estimate of drug-likeness (QED) is 0.301. The summed E-state index contributed by atoms with van der Waals surface area (Å²) in [7, 11) is 0. The molecule has 4 amide bonds. The standard InChI is InChI=1S/C35H29ClN2O7/c36-21-7-4-8-22(17-21)38-32(43)27-18-26-24(13-14-25-29(26)33(44)37(31(25)42)16-15-28(40)41)30(19-9-11-23(39)12-10-19)35(27,34(38)45)20-5-2-1-3-6-20/h1-13,17,25-27,29-30,39H,14-16,18H2,(H,40,41). The molecule has 0 aromatic heterocycles. The van der Waals surface area contributed by atoms with E-state index >= 15 is 4.79 Å². The molecule has 45 heavy (non-hydrogen) atoms. The van der Waals surface area contributed by atoms with Crippen molar-refractivity contribution in [1.82, 2.24) is 4.90 Å². The number of hydrogen-bond donors (Lipinski definition) is 2. The van der Waals surface area contributed by atoms with Crippen molar-refractivity contribution in [2.24, 2.45) is 23.7 Å². The number of phenols is 1. The minimum Gasteiger partial charge on any atom is -0.508 e. The number of hydrogen-bond acceptors (Lipinski definition) is 6. The Morgan fingerprint density at radius 3 is 2.31 bits per heavy atom. The SMILES string of the molecule is O=C(O)CCN1C(=O)C2CC=C3C(CC4C(=O)N(c5cccc(Cl)c5)C(=O)C4(c4ccccc4)C3c3ccc(O)cc3)C2C1=O. The Morgan fingerprint density at radius 1 is 0.889 bits per heavy atom. The number of aromatic hydroxyl groups is 1. The van der Waals surface area contributed by atoms with E-state index < -0.39 is 64.6 Å². The number of likely N-dealkylation sites (tertiary alicyclic amines) is 1. The van der Waals surface area contributed by atoms with Gasteiger partial charge in [-0.2, -0.15) is 0 Å². The molecule has 228 valence electrons. The monoisotopic (exact) mass is 624 g/mol. The number of anilines is 1. The molecule has 6 unspecified atom stereocenters. The van der Waals surface area contributed by atoms with Crippen molar-refractivity contribution < 1.29 is 34.2 Å². The van der Waals surface area contributed by atoms with Gasteiger partial charge in [-0.25, -0.2) is 4.90 Å². The highest BCUT2D eigenvalue weighted by Gasteiger charge is 2.70. The van der Waals surface area contributed by atoms with Crippen molar-refractivity contribution in [1.29, 1.82) is 0 Å². The second-order valence-corrected chi connectivity index (χ2v) is 12.6. The second kappa shape index (κ2) is 10.7. The molecule has 6 atom stereocenters. The van der Waals surface area contributed by atoms with Gasteiger partial charge in [0, 0.05) is 17.5 Å². The van der Waals surface area contributed by atoms with Crippen LogP contribution >= 0.6 is 11.6 Å². The third kappa shape index (κ3) is 4.24. The zero-order chi connectivity index (χ0) is 31.6. The number of carboxylic acids is 1. The van der Waals surface area contributed by atoms with E-state index in [1.165, 1.54) is 17.0 Å². The van der Waals surface area contributed by atoms with Gasteiger partial charge in [0.25, 0.3) is 0 Å². The first kappa shape index (κ1) is 29.0. The van der Waals surface area contributed by atoms with E-state index in [-0.39, 0.29) is 31.6 Å². The molecule has 3 aromatic carbocycles. The van der Waals surface area contributed by atoms with Crippen LogP contribution < -0.4 is 4.90 Å². The highest BCUT2D eigenvalue weighted by molar-refractivity contribution is 6.32. The van der Waals surface area contributed by atoms with Crippen LogP contribution in [0, 0.1) is 23.7 Å². The normalized spacial score (nSPS) is 28.9. The second-order valence-electron chi connectivity index (χ2n) is 12.2. The van der Waals surface area contributed by atoms with E-state index in [9.17, 15) is 29.4 Å². The first-order valence-corrected chi connectivity index (χ1v) is 15.3. The van der Waals surface area contributed by atoms with Crippen LogP contribution in [0.5, 0.6) is 5.75 Å². The van der Waals surface area contributed by atoms with Crippen molar-refractivity contribution in [3.8, 4) is 5.75 Å². The molecule has 7 rings (SSSR count). The first-order chi connectivity index (χ1) is 21.6. The minimum absolute atomic E-state index is 0.0362. The van der Waals surface area contributed by atoms with Gasteiger partial charge >= 0.3 is 5.97 Å². The Morgan fingerprint density at radius 2 is 1.62 bits per heavy atom. The summed E-state index contributed by atoms with van der Waals surface area (Å²) >= 11 is 6.32. The van der Waals surface area contributed by atoms with Gasteiger partial charge in [-0.3, -0.25) is 28.9 Å². The Hall–Kier alpha value is -4.76. The molecule has 0 radical (unpaired) electrons. The molecule has 0 spiro atoms. The van der Waals surface area contributed by atoms with Crippen LogP contribution in [0.15, 0.2) is 90.5 Å². The fourth-order valence-corrected chi connectivity index (χ4v) is 8.46. The number of carboxylic acid groups (broad SMARTS) is 1. The predicted molar refractivity (Wildman–Crippen MR) is 163 cm³/mol. The van der Waals surface area contributed by atoms with Gasteiger partial charge < -0.3 is 10.2 Å². The molecule has 1 saturated carbocycles. The molecule has 3 aromatic rings. The highest BCUT2D eigenvalue weighted by atomic mass is 35.5. The molecule has 2 aliphatic heterocycles. The lowest BCUT2D eigenvalue weighted by atomic mass is 9.49. The fourth-order valence-electron chi connectivity index (χ4n) is 8.28. The molecule has 4 aliphatic rings. The minimum atomic E-state index is -1.40. The molecular formula is C35H29ClN2O7. The summed E-state index contributed by atoms with van der Waals surface area (Å²) in [6, 6.07) is 22.3. The van der Waals surface area contributed by atoms with Crippen molar-refractivity contribution in [3.63, 3.8) is 0 Å². The molecule has 3 fully saturated rings. The average Bonchev–Trinajstić information content (AvgIpc) is 3.41. The van der Waals surface area contributed by atoms with Gasteiger partial charge in [0.2, 0.25) is 23.6 Å². The summed E-state index contributed by atoms with van der Waals surface area (Å²) in [4.78, 5) is 70.5. The average molecular weight is 625 g/mol. The van der Waals surface area contributed by atoms with E-state index in [1.807, 2.05) is 36.4 Å². The van der Waals surface area contributed by atoms with Crippen molar-refractivity contribution >= 4 is 46.9 Å². The van der Waals surface area contributed by atoms with Crippen molar-refractivity contribution in [2.45, 2.75) is 30.6 Å². The number of allylic oxidation sites excluding steroid dienone is 2. The van der Waals surface area contributed by atoms with E-state index in [0.29, 0.717) is 21.8 Å². The molecule has 2 N–H and O–H groups in total. The number of carbonyl (C=O) groups is 5. The number of amides is 4. The van der Waals surface area contributed by atoms with E-state index in [4.69, 9.17) is 11.6 Å². The maximum Gasteiger partial charge on any atom is 0.305 e. The number of benzene rings is 3. The van der Waals surface area contributed by atoms with Gasteiger partial charge in [-0.1, -0.05) is 71.8 Å². The van der Waals surface area contributed by atoms with Crippen LogP contribution in [0.4, 0.5) is 5.69 Å². The number of rotatable bonds is 6. The number of nitrogens with zero attached hydrogens (tertiary/aromatic N) is 2. The summed E-state index contributed by atoms with van der Waals surface area (Å²) < 4.78 is 0. The lowest BCUT2D eigenvalue weighted by Gasteiger charge is -2.50. The van der Waals surface area contributed by atoms with E-state index in [1.54, 1.807) is 36.4 Å². The van der Waals surface area contributed by atoms with Gasteiger partial charge in [0.15, 0.2) is 0 Å². The zero-order valence-electron chi connectivity index (χ0n) is 24.0. The maximum absolute atomic E-state index is 15.1. The molecular weight excluding hydrogens is 596 g/mol. The van der Waals surface area contributed by atoms with Crippen molar-refractivity contribution in [2.75, 3.05) is 11.4 Å². The Bertz CT molecular complexity index is 1790. The summed E-state index contributed by atoms with van der Waals surface area (Å²) in [6.45, 7) is -0.221. The first-order valence-electron chi connectivity index (χ1n) is 14.9. The Kier molecular flexibility index (Phi) is 6.89.